The van der Waals surface area contributed by atoms with Crippen molar-refractivity contribution >= 4 is 0 Å². The van der Waals surface area contributed by atoms with Gasteiger partial charge in [-0.3, -0.25) is 31.9 Å². The summed E-state index contributed by atoms with van der Waals surface area (Å²) in [5, 5.41) is 116. The van der Waals surface area contributed by atoms with E-state index in [1.807, 2.05) is 0 Å². The molecule has 0 aromatic rings. The van der Waals surface area contributed by atoms with Gasteiger partial charge in [-0.1, -0.05) is 0 Å². The average molecular weight is 679 g/mol. The van der Waals surface area contributed by atoms with Crippen LogP contribution in [0.3, 0.4) is 0 Å². The Morgan fingerprint density at radius 3 is 1.02 bits per heavy atom. The zero-order valence-electron chi connectivity index (χ0n) is 26.9. The quantitative estimate of drug-likeness (QED) is 0.114. The summed E-state index contributed by atoms with van der Waals surface area (Å²) >= 11 is 0. The minimum absolute atomic E-state index is 0.00161. The molecule has 4 saturated heterocycles. The largest absolute Gasteiger partial charge is 0.390 e. The third-order valence-corrected chi connectivity index (χ3v) is 13.9. The van der Waals surface area contributed by atoms with Crippen LogP contribution in [0.4, 0.5) is 0 Å². The van der Waals surface area contributed by atoms with E-state index in [0.29, 0.717) is 51.4 Å². The number of nitrogens with one attached hydrogen (secondary N) is 8. The number of rotatable bonds is 0. The summed E-state index contributed by atoms with van der Waals surface area (Å²) in [5.74, 6) is 0.672. The Labute approximate surface area is 279 Å². The molecule has 16 nitrogen and oxygen atoms in total. The highest BCUT2D eigenvalue weighted by molar-refractivity contribution is 5.28. The number of fused-ring (bicyclic) bond motifs is 19. The van der Waals surface area contributed by atoms with Gasteiger partial charge in [0.25, 0.3) is 0 Å². The van der Waals surface area contributed by atoms with Gasteiger partial charge < -0.3 is 51.5 Å². The molecule has 8 fully saturated rings. The highest BCUT2D eigenvalue weighted by Gasteiger charge is 2.56. The van der Waals surface area contributed by atoms with Crippen molar-refractivity contribution in [3.8, 4) is 0 Å². The van der Waals surface area contributed by atoms with E-state index in [4.69, 9.17) is 0 Å². The number of aliphatic hydroxyl groups excluding tert-OH is 8. The number of hydrogen-bond acceptors (Lipinski definition) is 16. The summed E-state index contributed by atoms with van der Waals surface area (Å²) in [6, 6.07) is 0. The monoisotopic (exact) mass is 678 g/mol. The van der Waals surface area contributed by atoms with Crippen LogP contribution >= 0.6 is 0 Å². The molecule has 9 rings (SSSR count). The van der Waals surface area contributed by atoms with Crippen LogP contribution < -0.4 is 42.5 Å². The predicted octanol–water partition coefficient (Wildman–Crippen LogP) is -5.36. The molecule has 4 aliphatic carbocycles. The van der Waals surface area contributed by atoms with Crippen molar-refractivity contribution in [2.24, 2.45) is 41.4 Å². The Balaban J connectivity index is 1.09. The molecule has 0 aromatic carbocycles. The van der Waals surface area contributed by atoms with Crippen LogP contribution in [0, 0.1) is 41.4 Å². The summed E-state index contributed by atoms with van der Waals surface area (Å²) in [4.78, 5) is 0. The Bertz CT molecular complexity index is 1250. The van der Waals surface area contributed by atoms with Gasteiger partial charge in [0.05, 0.1) is 92.0 Å². The highest BCUT2D eigenvalue weighted by Crippen LogP contribution is 2.45. The second-order valence-corrected chi connectivity index (χ2v) is 16.5. The van der Waals surface area contributed by atoms with E-state index < -0.39 is 48.8 Å². The summed E-state index contributed by atoms with van der Waals surface area (Å²) in [7, 11) is 0. The molecule has 48 heavy (non-hydrogen) atoms. The van der Waals surface area contributed by atoms with Gasteiger partial charge in [0, 0.05) is 18.3 Å². The maximum Gasteiger partial charge on any atom is 0.101 e. The summed E-state index contributed by atoms with van der Waals surface area (Å²) in [6.07, 6.45) is -5.22. The molecule has 16 N–H and O–H groups in total. The lowest BCUT2D eigenvalue weighted by molar-refractivity contribution is -0.0551. The van der Waals surface area contributed by atoms with E-state index in [0.717, 1.165) is 11.4 Å². The molecule has 22 atom stereocenters. The van der Waals surface area contributed by atoms with Crippen molar-refractivity contribution in [1.82, 2.24) is 42.5 Å². The maximum absolute atomic E-state index is 10.8. The van der Waals surface area contributed by atoms with Gasteiger partial charge in [-0.2, -0.15) is 0 Å². The molecule has 270 valence electrons. The molecule has 16 heteroatoms. The molecule has 0 spiro atoms. The smallest absolute Gasteiger partial charge is 0.101 e. The van der Waals surface area contributed by atoms with Crippen molar-refractivity contribution in [2.45, 2.75) is 143 Å². The molecule has 5 aliphatic heterocycles. The number of aliphatic hydroxyl groups is 8. The van der Waals surface area contributed by atoms with E-state index in [2.05, 4.69) is 42.5 Å². The van der Waals surface area contributed by atoms with Gasteiger partial charge in [-0.15, -0.1) is 0 Å². The zero-order chi connectivity index (χ0) is 33.2. The lowest BCUT2D eigenvalue weighted by atomic mass is 9.74. The second-order valence-electron chi connectivity index (χ2n) is 16.5. The molecule has 5 heterocycles. The lowest BCUT2D eigenvalue weighted by Crippen LogP contribution is -2.60. The van der Waals surface area contributed by atoms with Crippen LogP contribution in [-0.2, 0) is 0 Å². The lowest BCUT2D eigenvalue weighted by Gasteiger charge is -2.39. The van der Waals surface area contributed by atoms with Crippen LogP contribution in [0.25, 0.3) is 0 Å². The Kier molecular flexibility index (Phi) is 8.30. The SMILES string of the molecule is OC1CC2=C3NC(NC4NC(NC5NC(NC6NC(N3)C3CC(O)C(O)CC63)C3CC(O)C(O)CC53)C3CC(O)C(O)CC43)C2CC1O. The van der Waals surface area contributed by atoms with Crippen molar-refractivity contribution in [1.29, 1.82) is 0 Å². The molecule has 0 radical (unpaired) electrons. The van der Waals surface area contributed by atoms with Crippen molar-refractivity contribution in [3.63, 3.8) is 0 Å². The summed E-state index contributed by atoms with van der Waals surface area (Å²) in [6.45, 7) is 0. The Morgan fingerprint density at radius 2 is 0.625 bits per heavy atom. The highest BCUT2D eigenvalue weighted by atomic mass is 16.3. The summed E-state index contributed by atoms with van der Waals surface area (Å²) < 4.78 is 0. The molecular weight excluding hydrogens is 624 g/mol. The van der Waals surface area contributed by atoms with Gasteiger partial charge in [0.1, 0.15) is 5.82 Å². The third-order valence-electron chi connectivity index (χ3n) is 13.9. The maximum atomic E-state index is 10.8. The molecule has 9 aliphatic rings. The first-order chi connectivity index (χ1) is 23.0. The van der Waals surface area contributed by atoms with Crippen LogP contribution in [0.5, 0.6) is 0 Å². The van der Waals surface area contributed by atoms with E-state index >= 15 is 0 Å². The van der Waals surface area contributed by atoms with Gasteiger partial charge in [0.2, 0.25) is 0 Å². The molecule has 0 aromatic heterocycles. The molecule has 22 unspecified atom stereocenters. The van der Waals surface area contributed by atoms with Crippen LogP contribution in [0.1, 0.15) is 51.4 Å². The fourth-order valence-electron chi connectivity index (χ4n) is 11.4. The Hall–Kier alpha value is -1.22. The van der Waals surface area contributed by atoms with Gasteiger partial charge in [-0.25, -0.2) is 0 Å². The van der Waals surface area contributed by atoms with Gasteiger partial charge >= 0.3 is 0 Å². The Morgan fingerprint density at radius 1 is 0.333 bits per heavy atom. The average Bonchev–Trinajstić information content (AvgIpc) is 3.74. The first kappa shape index (κ1) is 32.7. The predicted molar refractivity (Wildman–Crippen MR) is 168 cm³/mol. The minimum Gasteiger partial charge on any atom is -0.390 e. The second kappa shape index (κ2) is 12.2. The van der Waals surface area contributed by atoms with E-state index in [1.54, 1.807) is 0 Å². The molecular formula is C32H54N8O8. The topological polar surface area (TPSA) is 258 Å². The standard InChI is InChI=1S/C32H54N8O8/c41-17-1-9-10(2-18(17)42)26-33-25(9)37-27-11-3-19(43)20(44)4-12(11)29(34-27)39-31-15-7-23(47)24(48)8-16(15)32(36-31)40-30-14-6-22(46)21(45)5-13(14)28(35-30)38-26/h9-15,17-31,33-48H,1-8H2. The zero-order valence-corrected chi connectivity index (χ0v) is 26.9. The van der Waals surface area contributed by atoms with Crippen LogP contribution in [0.15, 0.2) is 11.4 Å². The van der Waals surface area contributed by atoms with Gasteiger partial charge in [0.15, 0.2) is 0 Å². The summed E-state index contributed by atoms with van der Waals surface area (Å²) in [5.41, 5.74) is 1.00. The van der Waals surface area contributed by atoms with E-state index in [-0.39, 0.29) is 84.6 Å². The fraction of sp³-hybridized carbons (Fsp3) is 0.938. The molecule has 0 amide bonds. The first-order valence-corrected chi connectivity index (χ1v) is 18.3. The molecule has 4 saturated carbocycles. The minimum atomic E-state index is -0.885. The third kappa shape index (κ3) is 5.34. The van der Waals surface area contributed by atoms with Crippen molar-refractivity contribution < 1.29 is 40.9 Å². The fourth-order valence-corrected chi connectivity index (χ4v) is 11.4. The van der Waals surface area contributed by atoms with E-state index in [1.165, 1.54) is 0 Å². The number of hydrogen-bond donors (Lipinski definition) is 16. The molecule has 8 bridgehead atoms. The van der Waals surface area contributed by atoms with Crippen molar-refractivity contribution in [2.75, 3.05) is 0 Å². The van der Waals surface area contributed by atoms with Crippen molar-refractivity contribution in [3.05, 3.63) is 11.4 Å². The van der Waals surface area contributed by atoms with Crippen LogP contribution in [-0.4, -0.2) is 133 Å². The van der Waals surface area contributed by atoms with Gasteiger partial charge in [-0.05, 0) is 80.1 Å². The van der Waals surface area contributed by atoms with E-state index in [9.17, 15) is 40.9 Å². The normalized spacial score (nSPS) is 59.2. The first-order valence-electron chi connectivity index (χ1n) is 18.3. The van der Waals surface area contributed by atoms with Crippen LogP contribution in [0.2, 0.25) is 0 Å².